The van der Waals surface area contributed by atoms with E-state index in [2.05, 4.69) is 16.4 Å². The molecule has 0 aliphatic heterocycles. The fourth-order valence-corrected chi connectivity index (χ4v) is 0.922. The second-order valence-electron chi connectivity index (χ2n) is 1.83. The van der Waals surface area contributed by atoms with Crippen molar-refractivity contribution >= 4 is 64.4 Å². The topological polar surface area (TPSA) is 80.7 Å². The Hall–Kier alpha value is 1.19. The van der Waals surface area contributed by atoms with E-state index in [1.54, 1.807) is 0 Å². The van der Waals surface area contributed by atoms with Crippen molar-refractivity contribution < 1.29 is 22.1 Å². The lowest BCUT2D eigenvalue weighted by Crippen LogP contribution is -2.16. The average Bonchev–Trinajstić information content (AvgIpc) is 1.79. The van der Waals surface area contributed by atoms with E-state index in [0.29, 0.717) is 0 Å². The van der Waals surface area contributed by atoms with Crippen molar-refractivity contribution in [3.63, 3.8) is 0 Å². The van der Waals surface area contributed by atoms with Gasteiger partial charge in [-0.25, -0.2) is 0 Å². The van der Waals surface area contributed by atoms with Crippen molar-refractivity contribution in [1.82, 2.24) is 0 Å². The van der Waals surface area contributed by atoms with E-state index in [1.165, 1.54) is 0 Å². The van der Waals surface area contributed by atoms with E-state index < -0.39 is 27.7 Å². The van der Waals surface area contributed by atoms with Gasteiger partial charge in [-0.2, -0.15) is 13.3 Å². The maximum atomic E-state index is 10.3. The summed E-state index contributed by atoms with van der Waals surface area (Å²) in [5.41, 5.74) is 0. The molecule has 1 atom stereocenters. The molecule has 0 heterocycles. The Labute approximate surface area is 103 Å². The van der Waals surface area contributed by atoms with Gasteiger partial charge in [-0.3, -0.25) is 4.18 Å². The zero-order chi connectivity index (χ0) is 12.0. The van der Waals surface area contributed by atoms with Crippen LogP contribution >= 0.6 is 54.3 Å². The van der Waals surface area contributed by atoms with Gasteiger partial charge in [0.1, 0.15) is 18.9 Å². The summed E-state index contributed by atoms with van der Waals surface area (Å²) in [6.45, 7) is -0.462. The first-order valence-corrected chi connectivity index (χ1v) is 8.02. The lowest BCUT2D eigenvalue weighted by Gasteiger charge is -2.08. The third-order valence-electron chi connectivity index (χ3n) is 0.437. The van der Waals surface area contributed by atoms with Gasteiger partial charge >= 0.3 is 7.23 Å². The number of hydrogen-bond acceptors (Lipinski definition) is 4. The summed E-state index contributed by atoms with van der Waals surface area (Å²) >= 11 is 18.6. The molecule has 5 nitrogen and oxygen atoms in total. The number of halogens is 3. The molecule has 0 saturated carbocycles. The maximum Gasteiger partial charge on any atom is 0.579 e. The van der Waals surface area contributed by atoms with E-state index >= 15 is 0 Å². The van der Waals surface area contributed by atoms with E-state index in [-0.39, 0.29) is 0 Å². The minimum absolute atomic E-state index is 0.462. The molecule has 0 spiro atoms. The minimum atomic E-state index is -3.51. The summed E-state index contributed by atoms with van der Waals surface area (Å²) in [5, 5.41) is 0. The highest BCUT2D eigenvalue weighted by Crippen LogP contribution is 2.26. The van der Waals surface area contributed by atoms with Crippen LogP contribution in [0.5, 0.6) is 0 Å². The number of alkyl halides is 3. The summed E-state index contributed by atoms with van der Waals surface area (Å²) in [4.78, 5) is 7.43. The van der Waals surface area contributed by atoms with Crippen LogP contribution in [0.2, 0.25) is 0 Å². The second kappa shape index (κ2) is 7.46. The van der Waals surface area contributed by atoms with E-state index in [4.69, 9.17) is 44.3 Å². The summed E-state index contributed by atoms with van der Waals surface area (Å²) < 4.78 is 32.1. The first-order chi connectivity index (χ1) is 5.94. The molecule has 14 heavy (non-hydrogen) atoms. The molecular weight excluding hydrogens is 317 g/mol. The number of rotatable bonds is 2. The molecule has 86 valence electrons. The lowest BCUT2D eigenvalue weighted by molar-refractivity contribution is 0.329. The largest absolute Gasteiger partial charge is 0.579 e. The van der Waals surface area contributed by atoms with Crippen LogP contribution in [0.1, 0.15) is 0 Å². The quantitative estimate of drug-likeness (QED) is 0.351. The monoisotopic (exact) mass is 323 g/mol. The zero-order valence-corrected chi connectivity index (χ0v) is 11.6. The molecule has 0 fully saturated rings. The van der Waals surface area contributed by atoms with Gasteiger partial charge in [-0.05, 0) is 4.57 Å². The van der Waals surface area contributed by atoms with Crippen LogP contribution in [0.4, 0.5) is 0 Å². The fraction of sp³-hybridized carbons (Fsp3) is 1.00. The smallest absolute Gasteiger partial charge is 0.266 e. The Morgan fingerprint density at radius 2 is 1.79 bits per heavy atom. The van der Waals surface area contributed by atoms with Gasteiger partial charge in [0.05, 0.1) is 6.26 Å². The van der Waals surface area contributed by atoms with Gasteiger partial charge < -0.3 is 0 Å². The Kier molecular flexibility index (Phi) is 9.37. The molecule has 0 amide bonds. The second-order valence-corrected chi connectivity index (χ2v) is 7.53. The predicted octanol–water partition coefficient (Wildman–Crippen LogP) is 1.90. The van der Waals surface area contributed by atoms with Crippen LogP contribution in [0.3, 0.4) is 0 Å². The van der Waals surface area contributed by atoms with Crippen molar-refractivity contribution in [2.24, 2.45) is 0 Å². The standard InChI is InChI=1S/C3H5Cl3O3S.HO2PS/c1-10(7,8)9-2-3(4,5)6;1-3(2)4/h2H2,1H3;(H-,1,2,4)/p+1. The molecule has 1 N–H and O–H groups in total. The summed E-state index contributed by atoms with van der Waals surface area (Å²) in [6.07, 6.45) is 0.878. The van der Waals surface area contributed by atoms with Crippen LogP contribution in [0.15, 0.2) is 0 Å². The predicted molar refractivity (Wildman–Crippen MR) is 59.9 cm³/mol. The molecule has 0 aliphatic carbocycles. The van der Waals surface area contributed by atoms with Crippen molar-refractivity contribution in [2.75, 3.05) is 12.9 Å². The third-order valence-corrected chi connectivity index (χ3v) is 1.31. The van der Waals surface area contributed by atoms with Crippen LogP contribution in [0, 0.1) is 0 Å². The average molecular weight is 325 g/mol. The molecule has 0 aromatic carbocycles. The van der Waals surface area contributed by atoms with Gasteiger partial charge in [-0.1, -0.05) is 34.8 Å². The molecule has 0 aliphatic rings. The molecule has 0 saturated heterocycles. The maximum absolute atomic E-state index is 10.3. The van der Waals surface area contributed by atoms with Gasteiger partial charge in [0.25, 0.3) is 10.1 Å². The molecule has 1 unspecified atom stereocenters. The molecule has 11 heteroatoms. The van der Waals surface area contributed by atoms with Crippen molar-refractivity contribution in [3.05, 3.63) is 0 Å². The Morgan fingerprint density at radius 3 is 1.86 bits per heavy atom. The number of hydrogen-bond donors (Lipinski definition) is 2. The highest BCUT2D eigenvalue weighted by atomic mass is 35.6. The van der Waals surface area contributed by atoms with Gasteiger partial charge in [-0.15, -0.1) is 0 Å². The Balaban J connectivity index is 0. The highest BCUT2D eigenvalue weighted by Gasteiger charge is 2.22. The SMILES string of the molecule is CS(=O)(=O)OCC(Cl)(Cl)Cl.O=[P+](O)S. The first-order valence-electron chi connectivity index (χ1n) is 2.70. The molecule has 0 aromatic heterocycles. The van der Waals surface area contributed by atoms with Gasteiger partial charge in [0.15, 0.2) is 0 Å². The van der Waals surface area contributed by atoms with Crippen molar-refractivity contribution in [3.8, 4) is 0 Å². The van der Waals surface area contributed by atoms with Crippen LogP contribution in [-0.2, 0) is 18.9 Å². The molecule has 0 aromatic rings. The van der Waals surface area contributed by atoms with Crippen LogP contribution < -0.4 is 0 Å². The third kappa shape index (κ3) is 29.2. The molecular formula is C3H7Cl3O5PS2+. The Morgan fingerprint density at radius 1 is 1.50 bits per heavy atom. The van der Waals surface area contributed by atoms with Gasteiger partial charge in [0, 0.05) is 0 Å². The normalized spacial score (nSPS) is 12.9. The van der Waals surface area contributed by atoms with E-state index in [0.717, 1.165) is 6.26 Å². The lowest BCUT2D eigenvalue weighted by atomic mass is 10.9. The van der Waals surface area contributed by atoms with E-state index in [9.17, 15) is 8.42 Å². The van der Waals surface area contributed by atoms with E-state index in [1.807, 2.05) is 0 Å². The minimum Gasteiger partial charge on any atom is -0.266 e. The Bertz CT molecular complexity index is 268. The fourth-order valence-electron chi connectivity index (χ4n) is 0.174. The molecule has 0 radical (unpaired) electrons. The highest BCUT2D eigenvalue weighted by molar-refractivity contribution is 8.38. The molecule has 0 rings (SSSR count). The zero-order valence-electron chi connectivity index (χ0n) is 6.72. The van der Waals surface area contributed by atoms with Crippen molar-refractivity contribution in [1.29, 1.82) is 0 Å². The summed E-state index contributed by atoms with van der Waals surface area (Å²) in [7, 11) is -5.69. The summed E-state index contributed by atoms with van der Waals surface area (Å²) in [5.74, 6) is 0. The van der Waals surface area contributed by atoms with Gasteiger partial charge in [0.2, 0.25) is 3.79 Å². The van der Waals surface area contributed by atoms with Crippen molar-refractivity contribution in [2.45, 2.75) is 3.79 Å². The van der Waals surface area contributed by atoms with Crippen LogP contribution in [0.25, 0.3) is 0 Å². The molecule has 0 bridgehead atoms. The number of thiol groups is 1. The summed E-state index contributed by atoms with van der Waals surface area (Å²) in [6, 6.07) is 0. The first kappa shape index (κ1) is 17.6. The van der Waals surface area contributed by atoms with Crippen LogP contribution in [-0.4, -0.2) is 30.0 Å².